The molecule has 0 unspecified atom stereocenters. The van der Waals surface area contributed by atoms with Gasteiger partial charge in [-0.15, -0.1) is 0 Å². The molecule has 28 heavy (non-hydrogen) atoms. The average Bonchev–Trinajstić information content (AvgIpc) is 2.69. The van der Waals surface area contributed by atoms with Crippen molar-refractivity contribution < 1.29 is 22.7 Å². The fourth-order valence-corrected chi connectivity index (χ4v) is 4.08. The summed E-state index contributed by atoms with van der Waals surface area (Å²) in [5.74, 6) is 0.876. The van der Waals surface area contributed by atoms with Gasteiger partial charge in [0.15, 0.2) is 6.10 Å². The van der Waals surface area contributed by atoms with Crippen LogP contribution in [0.1, 0.15) is 12.0 Å². The minimum atomic E-state index is -3.52. The molecule has 1 aliphatic rings. The van der Waals surface area contributed by atoms with E-state index in [1.54, 1.807) is 31.4 Å². The quantitative estimate of drug-likeness (QED) is 0.713. The number of rotatable bonds is 7. The Morgan fingerprint density at radius 3 is 2.68 bits per heavy atom. The van der Waals surface area contributed by atoms with Gasteiger partial charge in [-0.2, -0.15) is 0 Å². The van der Waals surface area contributed by atoms with E-state index >= 15 is 0 Å². The maximum atomic E-state index is 12.5. The first-order valence-corrected chi connectivity index (χ1v) is 10.9. The number of para-hydroxylation sites is 3. The summed E-state index contributed by atoms with van der Waals surface area (Å²) in [5.41, 5.74) is 1.52. The maximum absolute atomic E-state index is 12.5. The molecule has 0 saturated heterocycles. The molecule has 2 aromatic rings. The molecule has 0 spiro atoms. The van der Waals surface area contributed by atoms with Crippen molar-refractivity contribution in [3.63, 3.8) is 0 Å². The van der Waals surface area contributed by atoms with Gasteiger partial charge in [0, 0.05) is 6.54 Å². The SMILES string of the molecule is COc1ccccc1CCCNC(=O)[C@@H]1CN(S(C)(=O)=O)c2ccccc2O1. The van der Waals surface area contributed by atoms with E-state index in [0.717, 1.165) is 30.4 Å². The number of nitrogens with one attached hydrogen (secondary N) is 1. The Labute approximate surface area is 165 Å². The number of fused-ring (bicyclic) bond motifs is 1. The van der Waals surface area contributed by atoms with Gasteiger partial charge in [-0.1, -0.05) is 30.3 Å². The van der Waals surface area contributed by atoms with Gasteiger partial charge >= 0.3 is 0 Å². The summed E-state index contributed by atoms with van der Waals surface area (Å²) in [5, 5.41) is 2.84. The average molecular weight is 404 g/mol. The van der Waals surface area contributed by atoms with E-state index in [1.807, 2.05) is 24.3 Å². The summed E-state index contributed by atoms with van der Waals surface area (Å²) >= 11 is 0. The Morgan fingerprint density at radius 2 is 1.93 bits per heavy atom. The minimum Gasteiger partial charge on any atom is -0.496 e. The Hall–Kier alpha value is -2.74. The lowest BCUT2D eigenvalue weighted by Crippen LogP contribution is -2.50. The van der Waals surface area contributed by atoms with Gasteiger partial charge in [0.05, 0.1) is 25.6 Å². The Morgan fingerprint density at radius 1 is 1.21 bits per heavy atom. The van der Waals surface area contributed by atoms with E-state index in [0.29, 0.717) is 18.0 Å². The van der Waals surface area contributed by atoms with Crippen LogP contribution in [0.5, 0.6) is 11.5 Å². The first-order chi connectivity index (χ1) is 13.4. The van der Waals surface area contributed by atoms with Gasteiger partial charge in [-0.25, -0.2) is 8.42 Å². The van der Waals surface area contributed by atoms with Crippen molar-refractivity contribution >= 4 is 21.6 Å². The smallest absolute Gasteiger partial charge is 0.263 e. The minimum absolute atomic E-state index is 0.0474. The molecule has 0 bridgehead atoms. The van der Waals surface area contributed by atoms with Crippen LogP contribution in [-0.2, 0) is 21.2 Å². The first-order valence-electron chi connectivity index (χ1n) is 9.03. The van der Waals surface area contributed by atoms with Gasteiger partial charge < -0.3 is 14.8 Å². The molecule has 1 heterocycles. The van der Waals surface area contributed by atoms with Crippen LogP contribution in [0.4, 0.5) is 5.69 Å². The topological polar surface area (TPSA) is 84.9 Å². The summed E-state index contributed by atoms with van der Waals surface area (Å²) in [4.78, 5) is 12.5. The molecule has 8 heteroatoms. The molecular weight excluding hydrogens is 380 g/mol. The number of aryl methyl sites for hydroxylation is 1. The molecule has 0 saturated carbocycles. The molecular formula is C20H24N2O5S. The van der Waals surface area contributed by atoms with Crippen LogP contribution in [-0.4, -0.2) is 46.9 Å². The molecule has 1 aliphatic heterocycles. The van der Waals surface area contributed by atoms with E-state index < -0.39 is 16.1 Å². The lowest BCUT2D eigenvalue weighted by molar-refractivity contribution is -0.127. The van der Waals surface area contributed by atoms with Crippen LogP contribution < -0.4 is 19.1 Å². The number of nitrogens with zero attached hydrogens (tertiary/aromatic N) is 1. The zero-order valence-corrected chi connectivity index (χ0v) is 16.7. The van der Waals surface area contributed by atoms with Crippen LogP contribution in [0, 0.1) is 0 Å². The van der Waals surface area contributed by atoms with Crippen LogP contribution in [0.2, 0.25) is 0 Å². The van der Waals surface area contributed by atoms with Crippen molar-refractivity contribution in [2.75, 3.05) is 30.8 Å². The second-order valence-corrected chi connectivity index (χ2v) is 8.48. The van der Waals surface area contributed by atoms with Crippen LogP contribution in [0.15, 0.2) is 48.5 Å². The Kier molecular flexibility index (Phi) is 6.08. The third-order valence-corrected chi connectivity index (χ3v) is 5.69. The highest BCUT2D eigenvalue weighted by atomic mass is 32.2. The van der Waals surface area contributed by atoms with Gasteiger partial charge in [0.25, 0.3) is 5.91 Å². The van der Waals surface area contributed by atoms with Crippen LogP contribution in [0.25, 0.3) is 0 Å². The highest BCUT2D eigenvalue weighted by Gasteiger charge is 2.34. The highest BCUT2D eigenvalue weighted by Crippen LogP contribution is 2.34. The fourth-order valence-electron chi connectivity index (χ4n) is 3.17. The van der Waals surface area contributed by atoms with Gasteiger partial charge in [0.1, 0.15) is 11.5 Å². The number of hydrogen-bond acceptors (Lipinski definition) is 5. The number of carbonyl (C=O) groups excluding carboxylic acids is 1. The number of methoxy groups -OCH3 is 1. The predicted octanol–water partition coefficient (Wildman–Crippen LogP) is 1.97. The van der Waals surface area contributed by atoms with Crippen molar-refractivity contribution in [1.82, 2.24) is 5.32 Å². The predicted molar refractivity (Wildman–Crippen MR) is 107 cm³/mol. The molecule has 1 amide bonds. The lowest BCUT2D eigenvalue weighted by Gasteiger charge is -2.33. The zero-order valence-electron chi connectivity index (χ0n) is 15.9. The van der Waals surface area contributed by atoms with Crippen molar-refractivity contribution in [2.45, 2.75) is 18.9 Å². The number of ether oxygens (including phenoxy) is 2. The number of benzene rings is 2. The molecule has 0 aromatic heterocycles. The maximum Gasteiger partial charge on any atom is 0.263 e. The Balaban J connectivity index is 1.59. The molecule has 3 rings (SSSR count). The summed E-state index contributed by atoms with van der Waals surface area (Å²) in [6, 6.07) is 14.6. The summed E-state index contributed by atoms with van der Waals surface area (Å²) < 4.78 is 36.5. The first kappa shape index (κ1) is 20.0. The van der Waals surface area contributed by atoms with E-state index in [4.69, 9.17) is 9.47 Å². The lowest BCUT2D eigenvalue weighted by atomic mass is 10.1. The summed E-state index contributed by atoms with van der Waals surface area (Å²) in [6.07, 6.45) is 1.72. The van der Waals surface area contributed by atoms with Crippen LogP contribution in [0.3, 0.4) is 0 Å². The van der Waals surface area contributed by atoms with Crippen molar-refractivity contribution in [1.29, 1.82) is 0 Å². The molecule has 150 valence electrons. The van der Waals surface area contributed by atoms with Crippen LogP contribution >= 0.6 is 0 Å². The number of sulfonamides is 1. The molecule has 7 nitrogen and oxygen atoms in total. The fraction of sp³-hybridized carbons (Fsp3) is 0.350. The van der Waals surface area contributed by atoms with Crippen molar-refractivity contribution in [3.05, 3.63) is 54.1 Å². The number of amides is 1. The highest BCUT2D eigenvalue weighted by molar-refractivity contribution is 7.92. The largest absolute Gasteiger partial charge is 0.496 e. The third-order valence-electron chi connectivity index (χ3n) is 4.54. The zero-order chi connectivity index (χ0) is 20.1. The number of hydrogen-bond donors (Lipinski definition) is 1. The third kappa shape index (κ3) is 4.56. The molecule has 1 N–H and O–H groups in total. The summed E-state index contributed by atoms with van der Waals surface area (Å²) in [7, 11) is -1.88. The van der Waals surface area contributed by atoms with Gasteiger partial charge in [0.2, 0.25) is 10.0 Å². The molecule has 2 aromatic carbocycles. The standard InChI is InChI=1S/C20H24N2O5S/c1-26-17-11-5-3-8-15(17)9-7-13-21-20(23)19-14-22(28(2,24)25)16-10-4-6-12-18(16)27-19/h3-6,8,10-12,19H,7,9,13-14H2,1-2H3,(H,21,23)/t19-/m0/s1. The van der Waals surface area contributed by atoms with Gasteiger partial charge in [-0.05, 0) is 36.6 Å². The molecule has 0 fully saturated rings. The molecule has 0 aliphatic carbocycles. The monoisotopic (exact) mass is 404 g/mol. The van der Waals surface area contributed by atoms with E-state index in [-0.39, 0.29) is 12.5 Å². The van der Waals surface area contributed by atoms with Gasteiger partial charge in [-0.3, -0.25) is 9.10 Å². The van der Waals surface area contributed by atoms with E-state index in [2.05, 4.69) is 5.32 Å². The normalized spacial score (nSPS) is 16.1. The second kappa shape index (κ2) is 8.52. The van der Waals surface area contributed by atoms with Crippen molar-refractivity contribution in [2.24, 2.45) is 0 Å². The number of anilines is 1. The van der Waals surface area contributed by atoms with Crippen molar-refractivity contribution in [3.8, 4) is 11.5 Å². The van der Waals surface area contributed by atoms with E-state index in [9.17, 15) is 13.2 Å². The molecule has 1 atom stereocenters. The summed E-state index contributed by atoms with van der Waals surface area (Å²) in [6.45, 7) is 0.408. The van der Waals surface area contributed by atoms with E-state index in [1.165, 1.54) is 4.31 Å². The second-order valence-electron chi connectivity index (χ2n) is 6.57. The molecule has 0 radical (unpaired) electrons. The Bertz CT molecular complexity index is 945. The number of carbonyl (C=O) groups is 1.